The van der Waals surface area contributed by atoms with E-state index in [0.29, 0.717) is 5.57 Å². The molecule has 0 saturated heterocycles. The lowest BCUT2D eigenvalue weighted by atomic mass is 10.0. The van der Waals surface area contributed by atoms with Gasteiger partial charge < -0.3 is 4.74 Å². The summed E-state index contributed by atoms with van der Waals surface area (Å²) in [7, 11) is 1.64. The topological polar surface area (TPSA) is 33.0 Å². The van der Waals surface area contributed by atoms with Gasteiger partial charge in [0, 0.05) is 6.42 Å². The summed E-state index contributed by atoms with van der Waals surface area (Å²) in [4.78, 5) is 0. The number of hydrogen-bond acceptors (Lipinski definition) is 2. The zero-order chi connectivity index (χ0) is 14.9. The van der Waals surface area contributed by atoms with E-state index in [1.807, 2.05) is 48.5 Å². The third kappa shape index (κ3) is 4.22. The molecule has 21 heavy (non-hydrogen) atoms. The van der Waals surface area contributed by atoms with Crippen molar-refractivity contribution in [3.8, 4) is 6.07 Å². The fourth-order valence-electron chi connectivity index (χ4n) is 2.32. The maximum absolute atomic E-state index is 9.41. The van der Waals surface area contributed by atoms with Gasteiger partial charge in [0.15, 0.2) is 0 Å². The predicted molar refractivity (Wildman–Crippen MR) is 85.4 cm³/mol. The van der Waals surface area contributed by atoms with Gasteiger partial charge >= 0.3 is 0 Å². The van der Waals surface area contributed by atoms with Gasteiger partial charge in [0.25, 0.3) is 0 Å². The smallest absolute Gasteiger partial charge is 0.114 e. The first-order valence-electron chi connectivity index (χ1n) is 7.11. The van der Waals surface area contributed by atoms with Crippen LogP contribution >= 0.6 is 0 Å². The highest BCUT2D eigenvalue weighted by atomic mass is 16.5. The van der Waals surface area contributed by atoms with E-state index in [1.165, 1.54) is 5.56 Å². The van der Waals surface area contributed by atoms with Crippen molar-refractivity contribution in [1.82, 2.24) is 0 Å². The van der Waals surface area contributed by atoms with Gasteiger partial charge in [-0.05, 0) is 24.0 Å². The number of benzene rings is 2. The number of allylic oxidation sites excluding steroid dienone is 2. The van der Waals surface area contributed by atoms with Crippen LogP contribution in [0.1, 0.15) is 24.0 Å². The number of hydrogen-bond donors (Lipinski definition) is 0. The van der Waals surface area contributed by atoms with E-state index in [-0.39, 0.29) is 0 Å². The largest absolute Gasteiger partial charge is 0.500 e. The van der Waals surface area contributed by atoms with Gasteiger partial charge in [-0.2, -0.15) is 5.26 Å². The van der Waals surface area contributed by atoms with Crippen molar-refractivity contribution < 1.29 is 4.74 Å². The molecule has 0 aliphatic carbocycles. The summed E-state index contributed by atoms with van der Waals surface area (Å²) in [6.45, 7) is 0. The number of rotatable bonds is 6. The van der Waals surface area contributed by atoms with Gasteiger partial charge in [-0.25, -0.2) is 0 Å². The number of aryl methyl sites for hydroxylation is 1. The molecular weight excluding hydrogens is 258 g/mol. The molecule has 0 bridgehead atoms. The Hall–Kier alpha value is -2.53. The average molecular weight is 277 g/mol. The molecule has 0 aliphatic heterocycles. The quantitative estimate of drug-likeness (QED) is 0.571. The molecule has 2 rings (SSSR count). The van der Waals surface area contributed by atoms with Crippen LogP contribution in [0.25, 0.3) is 5.57 Å². The van der Waals surface area contributed by atoms with Crippen molar-refractivity contribution >= 4 is 5.57 Å². The van der Waals surface area contributed by atoms with Gasteiger partial charge in [0.2, 0.25) is 0 Å². The zero-order valence-electron chi connectivity index (χ0n) is 12.3. The molecule has 2 aromatic rings. The van der Waals surface area contributed by atoms with Crippen LogP contribution in [0.4, 0.5) is 0 Å². The normalized spacial score (nSPS) is 11.4. The molecule has 0 radical (unpaired) electrons. The summed E-state index contributed by atoms with van der Waals surface area (Å²) in [6, 6.07) is 22.3. The van der Waals surface area contributed by atoms with Crippen LogP contribution in [0.2, 0.25) is 0 Å². The Balaban J connectivity index is 2.07. The number of ether oxygens (including phenoxy) is 1. The minimum absolute atomic E-state index is 0.631. The van der Waals surface area contributed by atoms with Crippen molar-refractivity contribution in [2.24, 2.45) is 0 Å². The molecule has 106 valence electrons. The van der Waals surface area contributed by atoms with Crippen LogP contribution < -0.4 is 0 Å². The van der Waals surface area contributed by atoms with Crippen LogP contribution in [-0.2, 0) is 11.2 Å². The molecular formula is C19H19NO. The lowest BCUT2D eigenvalue weighted by Crippen LogP contribution is -1.95. The predicted octanol–water partition coefficient (Wildman–Crippen LogP) is 4.59. The highest BCUT2D eigenvalue weighted by Crippen LogP contribution is 2.22. The summed E-state index contributed by atoms with van der Waals surface area (Å²) in [5.41, 5.74) is 2.86. The van der Waals surface area contributed by atoms with E-state index in [0.717, 1.165) is 30.6 Å². The maximum Gasteiger partial charge on any atom is 0.114 e. The fourth-order valence-corrected chi connectivity index (χ4v) is 2.32. The van der Waals surface area contributed by atoms with E-state index < -0.39 is 0 Å². The molecule has 0 amide bonds. The van der Waals surface area contributed by atoms with Crippen LogP contribution in [-0.4, -0.2) is 7.11 Å². The van der Waals surface area contributed by atoms with E-state index in [4.69, 9.17) is 4.74 Å². The van der Waals surface area contributed by atoms with Gasteiger partial charge in [0.05, 0.1) is 12.7 Å². The third-order valence-electron chi connectivity index (χ3n) is 3.41. The van der Waals surface area contributed by atoms with Crippen molar-refractivity contribution in [3.05, 3.63) is 77.5 Å². The second-order valence-electron chi connectivity index (χ2n) is 4.82. The molecule has 0 spiro atoms. The lowest BCUT2D eigenvalue weighted by molar-refractivity contribution is 0.278. The number of nitrogens with zero attached hydrogens (tertiary/aromatic N) is 1. The van der Waals surface area contributed by atoms with Crippen LogP contribution in [0.5, 0.6) is 0 Å². The Morgan fingerprint density at radius 1 is 1.00 bits per heavy atom. The minimum Gasteiger partial charge on any atom is -0.500 e. The van der Waals surface area contributed by atoms with Gasteiger partial charge in [-0.3, -0.25) is 0 Å². The van der Waals surface area contributed by atoms with Gasteiger partial charge in [0.1, 0.15) is 11.8 Å². The first-order chi connectivity index (χ1) is 10.3. The second kappa shape index (κ2) is 7.91. The molecule has 0 aromatic heterocycles. The monoisotopic (exact) mass is 277 g/mol. The van der Waals surface area contributed by atoms with E-state index in [1.54, 1.807) is 7.11 Å². The minimum atomic E-state index is 0.631. The molecule has 0 fully saturated rings. The van der Waals surface area contributed by atoms with E-state index in [9.17, 15) is 5.26 Å². The zero-order valence-corrected chi connectivity index (χ0v) is 12.3. The highest BCUT2D eigenvalue weighted by molar-refractivity contribution is 5.78. The van der Waals surface area contributed by atoms with Gasteiger partial charge in [-0.1, -0.05) is 60.7 Å². The summed E-state index contributed by atoms with van der Waals surface area (Å²) >= 11 is 0. The van der Waals surface area contributed by atoms with Crippen molar-refractivity contribution in [1.29, 1.82) is 5.26 Å². The fraction of sp³-hybridized carbons (Fsp3) is 0.211. The first-order valence-corrected chi connectivity index (χ1v) is 7.11. The van der Waals surface area contributed by atoms with Crippen molar-refractivity contribution in [2.75, 3.05) is 7.11 Å². The van der Waals surface area contributed by atoms with Crippen LogP contribution in [0, 0.1) is 11.3 Å². The first kappa shape index (κ1) is 14.9. The summed E-state index contributed by atoms with van der Waals surface area (Å²) < 4.78 is 5.45. The Morgan fingerprint density at radius 2 is 1.62 bits per heavy atom. The standard InChI is InChI=1S/C19H19NO/c1-21-19(14-8-11-16-9-4-2-5-10-16)18(15-20)17-12-6-3-7-13-17/h2-7,9-10,12-13H,8,11,14H2,1H3/b19-18-. The Bertz CT molecular complexity index is 624. The molecule has 2 aromatic carbocycles. The Morgan fingerprint density at radius 3 is 2.19 bits per heavy atom. The molecule has 2 heteroatoms. The molecule has 0 heterocycles. The molecule has 0 unspecified atom stereocenters. The van der Waals surface area contributed by atoms with Crippen molar-refractivity contribution in [3.63, 3.8) is 0 Å². The van der Waals surface area contributed by atoms with Crippen LogP contribution in [0.3, 0.4) is 0 Å². The molecule has 2 nitrogen and oxygen atoms in total. The summed E-state index contributed by atoms with van der Waals surface area (Å²) in [5, 5.41) is 9.41. The molecule has 0 aliphatic rings. The number of methoxy groups -OCH3 is 1. The SMILES string of the molecule is CO/C(CCCc1ccccc1)=C(/C#N)c1ccccc1. The highest BCUT2D eigenvalue weighted by Gasteiger charge is 2.09. The third-order valence-corrected chi connectivity index (χ3v) is 3.41. The molecule has 0 saturated carbocycles. The Kier molecular flexibility index (Phi) is 5.60. The van der Waals surface area contributed by atoms with Gasteiger partial charge in [-0.15, -0.1) is 0 Å². The Labute approximate surface area is 126 Å². The molecule has 0 N–H and O–H groups in total. The maximum atomic E-state index is 9.41. The second-order valence-corrected chi connectivity index (χ2v) is 4.82. The van der Waals surface area contributed by atoms with E-state index in [2.05, 4.69) is 18.2 Å². The summed E-state index contributed by atoms with van der Waals surface area (Å²) in [5.74, 6) is 0.764. The van der Waals surface area contributed by atoms with Crippen LogP contribution in [0.15, 0.2) is 66.4 Å². The summed E-state index contributed by atoms with van der Waals surface area (Å²) in [6.07, 6.45) is 2.72. The van der Waals surface area contributed by atoms with Crippen molar-refractivity contribution in [2.45, 2.75) is 19.3 Å². The molecule has 0 atom stereocenters. The average Bonchev–Trinajstić information content (AvgIpc) is 2.56. The van der Waals surface area contributed by atoms with E-state index >= 15 is 0 Å². The number of nitriles is 1. The lowest BCUT2D eigenvalue weighted by Gasteiger charge is -2.10.